The number of nitrogens with one attached hydrogen (secondary N) is 1. The van der Waals surface area contributed by atoms with Crippen LogP contribution < -0.4 is 10.5 Å². The first-order chi connectivity index (χ1) is 9.83. The van der Waals surface area contributed by atoms with Crippen LogP contribution in [0.5, 0.6) is 0 Å². The lowest BCUT2D eigenvalue weighted by Gasteiger charge is -2.18. The largest absolute Gasteiger partial charge is 0.398 e. The Morgan fingerprint density at radius 1 is 1.29 bits per heavy atom. The first kappa shape index (κ1) is 17.9. The third kappa shape index (κ3) is 4.69. The second kappa shape index (κ2) is 7.77. The molecule has 0 heterocycles. The average molecular weight is 314 g/mol. The van der Waals surface area contributed by atoms with Crippen molar-refractivity contribution in [3.05, 3.63) is 23.3 Å². The average Bonchev–Trinajstić information content (AvgIpc) is 2.41. The van der Waals surface area contributed by atoms with Crippen LogP contribution in [-0.4, -0.2) is 26.7 Å². The Morgan fingerprint density at radius 2 is 1.95 bits per heavy atom. The molecule has 0 aromatic heterocycles. The molecule has 1 aromatic carbocycles. The summed E-state index contributed by atoms with van der Waals surface area (Å²) < 4.78 is 27.7. The molecule has 0 fully saturated rings. The monoisotopic (exact) mass is 314 g/mol. The van der Waals surface area contributed by atoms with Crippen LogP contribution in [0.15, 0.2) is 17.0 Å². The minimum Gasteiger partial charge on any atom is -0.398 e. The predicted octanol–water partition coefficient (Wildman–Crippen LogP) is 1.96. The standard InChI is InChI=1S/C15H26N2O3S/c1-4-5-13(8-9-18)10-17-21(19,20)15-11(2)6-7-14(16)12(15)3/h6-7,13,17-18H,4-5,8-10,16H2,1-3H3. The summed E-state index contributed by atoms with van der Waals surface area (Å²) in [5.41, 5.74) is 7.55. The van der Waals surface area contributed by atoms with Crippen molar-refractivity contribution in [2.24, 2.45) is 5.92 Å². The number of rotatable bonds is 8. The molecule has 0 spiro atoms. The normalized spacial score (nSPS) is 13.3. The van der Waals surface area contributed by atoms with E-state index in [2.05, 4.69) is 4.72 Å². The highest BCUT2D eigenvalue weighted by atomic mass is 32.2. The molecule has 4 N–H and O–H groups in total. The van der Waals surface area contributed by atoms with E-state index in [0.717, 1.165) is 12.8 Å². The van der Waals surface area contributed by atoms with Crippen LogP contribution in [0.25, 0.3) is 0 Å². The molecule has 21 heavy (non-hydrogen) atoms. The number of hydrogen-bond acceptors (Lipinski definition) is 4. The van der Waals surface area contributed by atoms with Crippen molar-refractivity contribution in [1.82, 2.24) is 4.72 Å². The van der Waals surface area contributed by atoms with Gasteiger partial charge >= 0.3 is 0 Å². The molecule has 5 nitrogen and oxygen atoms in total. The molecular formula is C15H26N2O3S. The zero-order chi connectivity index (χ0) is 16.0. The molecule has 0 saturated carbocycles. The zero-order valence-corrected chi connectivity index (χ0v) is 13.8. The van der Waals surface area contributed by atoms with Gasteiger partial charge in [0, 0.05) is 18.8 Å². The Kier molecular flexibility index (Phi) is 6.64. The van der Waals surface area contributed by atoms with Gasteiger partial charge in [-0.25, -0.2) is 13.1 Å². The number of nitrogens with two attached hydrogens (primary N) is 1. The molecule has 0 aliphatic heterocycles. The van der Waals surface area contributed by atoms with E-state index in [1.165, 1.54) is 0 Å². The number of aliphatic hydroxyl groups is 1. The van der Waals surface area contributed by atoms with Crippen LogP contribution in [0, 0.1) is 19.8 Å². The maximum Gasteiger partial charge on any atom is 0.241 e. The minimum atomic E-state index is -3.59. The van der Waals surface area contributed by atoms with E-state index in [1.807, 2.05) is 6.92 Å². The molecule has 1 rings (SSSR count). The van der Waals surface area contributed by atoms with E-state index in [0.29, 0.717) is 29.8 Å². The molecule has 1 aromatic rings. The second-order valence-electron chi connectivity index (χ2n) is 5.44. The summed E-state index contributed by atoms with van der Waals surface area (Å²) in [6.45, 7) is 5.94. The Labute approximate surface area is 127 Å². The van der Waals surface area contributed by atoms with E-state index >= 15 is 0 Å². The summed E-state index contributed by atoms with van der Waals surface area (Å²) >= 11 is 0. The highest BCUT2D eigenvalue weighted by molar-refractivity contribution is 7.89. The van der Waals surface area contributed by atoms with E-state index in [9.17, 15) is 8.42 Å². The number of benzene rings is 1. The summed E-state index contributed by atoms with van der Waals surface area (Å²) in [4.78, 5) is 0.266. The number of anilines is 1. The quantitative estimate of drug-likeness (QED) is 0.640. The Bertz CT molecular complexity index is 565. The highest BCUT2D eigenvalue weighted by Gasteiger charge is 2.21. The second-order valence-corrected chi connectivity index (χ2v) is 7.15. The Hall–Kier alpha value is -1.11. The number of aryl methyl sites for hydroxylation is 1. The zero-order valence-electron chi connectivity index (χ0n) is 13.0. The minimum absolute atomic E-state index is 0.0722. The first-order valence-electron chi connectivity index (χ1n) is 7.29. The van der Waals surface area contributed by atoms with Crippen molar-refractivity contribution in [3.8, 4) is 0 Å². The molecule has 0 aliphatic carbocycles. The number of aliphatic hydroxyl groups excluding tert-OH is 1. The van der Waals surface area contributed by atoms with Crippen LogP contribution in [0.4, 0.5) is 5.69 Å². The van der Waals surface area contributed by atoms with Crippen LogP contribution in [-0.2, 0) is 10.0 Å². The van der Waals surface area contributed by atoms with Crippen LogP contribution in [0.1, 0.15) is 37.3 Å². The smallest absolute Gasteiger partial charge is 0.241 e. The molecule has 0 saturated heterocycles. The van der Waals surface area contributed by atoms with Gasteiger partial charge in [0.15, 0.2) is 0 Å². The molecule has 0 aliphatic rings. The van der Waals surface area contributed by atoms with E-state index in [-0.39, 0.29) is 17.4 Å². The molecular weight excluding hydrogens is 288 g/mol. The fourth-order valence-electron chi connectivity index (χ4n) is 2.49. The summed E-state index contributed by atoms with van der Waals surface area (Å²) in [6, 6.07) is 3.43. The van der Waals surface area contributed by atoms with Gasteiger partial charge in [0.05, 0.1) is 4.90 Å². The number of hydrogen-bond donors (Lipinski definition) is 3. The van der Waals surface area contributed by atoms with Crippen molar-refractivity contribution in [2.75, 3.05) is 18.9 Å². The first-order valence-corrected chi connectivity index (χ1v) is 8.78. The van der Waals surface area contributed by atoms with Gasteiger partial charge in [-0.3, -0.25) is 0 Å². The van der Waals surface area contributed by atoms with Gasteiger partial charge in [-0.15, -0.1) is 0 Å². The Morgan fingerprint density at radius 3 is 2.52 bits per heavy atom. The van der Waals surface area contributed by atoms with Crippen molar-refractivity contribution < 1.29 is 13.5 Å². The van der Waals surface area contributed by atoms with Gasteiger partial charge in [0.1, 0.15) is 0 Å². The van der Waals surface area contributed by atoms with Crippen molar-refractivity contribution >= 4 is 15.7 Å². The van der Waals surface area contributed by atoms with Crippen molar-refractivity contribution in [3.63, 3.8) is 0 Å². The fourth-order valence-corrected chi connectivity index (χ4v) is 4.11. The summed E-state index contributed by atoms with van der Waals surface area (Å²) in [6.07, 6.45) is 2.45. The summed E-state index contributed by atoms with van der Waals surface area (Å²) in [5, 5.41) is 9.04. The van der Waals surface area contributed by atoms with Gasteiger partial charge in [-0.05, 0) is 49.8 Å². The lowest BCUT2D eigenvalue weighted by Crippen LogP contribution is -2.31. The maximum absolute atomic E-state index is 12.5. The van der Waals surface area contributed by atoms with E-state index < -0.39 is 10.0 Å². The summed E-state index contributed by atoms with van der Waals surface area (Å²) in [7, 11) is -3.59. The lowest BCUT2D eigenvalue weighted by atomic mass is 10.0. The van der Waals surface area contributed by atoms with Crippen LogP contribution >= 0.6 is 0 Å². The van der Waals surface area contributed by atoms with Crippen LogP contribution in [0.3, 0.4) is 0 Å². The van der Waals surface area contributed by atoms with E-state index in [1.54, 1.807) is 26.0 Å². The van der Waals surface area contributed by atoms with Crippen LogP contribution in [0.2, 0.25) is 0 Å². The van der Waals surface area contributed by atoms with Gasteiger partial charge < -0.3 is 10.8 Å². The molecule has 6 heteroatoms. The maximum atomic E-state index is 12.5. The SMILES string of the molecule is CCCC(CCO)CNS(=O)(=O)c1c(C)ccc(N)c1C. The number of sulfonamides is 1. The molecule has 0 amide bonds. The third-order valence-corrected chi connectivity index (χ3v) is 5.42. The van der Waals surface area contributed by atoms with Gasteiger partial charge in [0.2, 0.25) is 10.0 Å². The Balaban J connectivity index is 2.94. The summed E-state index contributed by atoms with van der Waals surface area (Å²) in [5.74, 6) is 0.149. The fraction of sp³-hybridized carbons (Fsp3) is 0.600. The number of nitrogen functional groups attached to an aromatic ring is 1. The van der Waals surface area contributed by atoms with Gasteiger partial charge in [-0.2, -0.15) is 0 Å². The molecule has 0 bridgehead atoms. The predicted molar refractivity (Wildman–Crippen MR) is 85.6 cm³/mol. The highest BCUT2D eigenvalue weighted by Crippen LogP contribution is 2.24. The lowest BCUT2D eigenvalue weighted by molar-refractivity contribution is 0.251. The molecule has 1 unspecified atom stereocenters. The van der Waals surface area contributed by atoms with E-state index in [4.69, 9.17) is 10.8 Å². The van der Waals surface area contributed by atoms with Crippen molar-refractivity contribution in [1.29, 1.82) is 0 Å². The molecule has 1 atom stereocenters. The van der Waals surface area contributed by atoms with Gasteiger partial charge in [-0.1, -0.05) is 19.4 Å². The topological polar surface area (TPSA) is 92.4 Å². The molecule has 120 valence electrons. The molecule has 0 radical (unpaired) electrons. The van der Waals surface area contributed by atoms with Crippen molar-refractivity contribution in [2.45, 2.75) is 44.9 Å². The third-order valence-electron chi connectivity index (χ3n) is 3.71. The van der Waals surface area contributed by atoms with Gasteiger partial charge in [0.25, 0.3) is 0 Å².